The first-order chi connectivity index (χ1) is 7.79. The van der Waals surface area contributed by atoms with Crippen LogP contribution in [0.2, 0.25) is 6.32 Å². The highest BCUT2D eigenvalue weighted by molar-refractivity contribution is 6.20. The van der Waals surface area contributed by atoms with E-state index in [2.05, 4.69) is 0 Å². The molecule has 3 heteroatoms. The molecule has 0 amide bonds. The van der Waals surface area contributed by atoms with Crippen LogP contribution in [0.1, 0.15) is 0 Å². The van der Waals surface area contributed by atoms with Gasteiger partial charge in [-0.15, -0.1) is 0 Å². The Hall–Kier alpha value is -1.77. The van der Waals surface area contributed by atoms with Gasteiger partial charge in [-0.3, -0.25) is 4.79 Å². The third kappa shape index (κ3) is 2.43. The predicted molar refractivity (Wildman–Crippen MR) is 65.0 cm³/mol. The van der Waals surface area contributed by atoms with Crippen molar-refractivity contribution in [3.63, 3.8) is 0 Å². The minimum atomic E-state index is -0.104. The van der Waals surface area contributed by atoms with Crippen molar-refractivity contribution >= 4 is 24.4 Å². The first-order valence-electron chi connectivity index (χ1n) is 5.13. The molecule has 0 aliphatic carbocycles. The summed E-state index contributed by atoms with van der Waals surface area (Å²) >= 11 is 0. The average Bonchev–Trinajstić information content (AvgIpc) is 2.35. The van der Waals surface area contributed by atoms with Gasteiger partial charge in [0, 0.05) is 0 Å². The van der Waals surface area contributed by atoms with Crippen LogP contribution in [-0.4, -0.2) is 20.2 Å². The molecule has 0 fully saturated rings. The highest BCUT2D eigenvalue weighted by Gasteiger charge is 2.00. The minimum Gasteiger partial charge on any atom is -0.486 e. The van der Waals surface area contributed by atoms with Crippen molar-refractivity contribution in [1.82, 2.24) is 0 Å². The zero-order valence-electron chi connectivity index (χ0n) is 8.85. The molecule has 0 atom stereocenters. The van der Waals surface area contributed by atoms with Crippen molar-refractivity contribution in [2.45, 2.75) is 6.32 Å². The van der Waals surface area contributed by atoms with Crippen molar-refractivity contribution in [3.8, 4) is 5.75 Å². The van der Waals surface area contributed by atoms with Crippen molar-refractivity contribution < 1.29 is 9.53 Å². The smallest absolute Gasteiger partial charge is 0.161 e. The van der Waals surface area contributed by atoms with Gasteiger partial charge >= 0.3 is 0 Å². The van der Waals surface area contributed by atoms with E-state index in [9.17, 15) is 4.79 Å². The fourth-order valence-corrected chi connectivity index (χ4v) is 1.48. The summed E-state index contributed by atoms with van der Waals surface area (Å²) in [4.78, 5) is 11.0. The van der Waals surface area contributed by atoms with Gasteiger partial charge < -0.3 is 4.74 Å². The molecule has 2 rings (SSSR count). The van der Waals surface area contributed by atoms with Crippen molar-refractivity contribution in [2.24, 2.45) is 0 Å². The summed E-state index contributed by atoms with van der Waals surface area (Å²) in [6.45, 7) is 0.0365. The fourth-order valence-electron chi connectivity index (χ4n) is 1.48. The van der Waals surface area contributed by atoms with Gasteiger partial charge in [0.15, 0.2) is 5.78 Å². The van der Waals surface area contributed by atoms with Crippen LogP contribution in [0.25, 0.3) is 10.8 Å². The normalized spacial score (nSPS) is 10.2. The zero-order chi connectivity index (χ0) is 11.4. The molecule has 0 N–H and O–H groups in total. The Morgan fingerprint density at radius 2 is 1.88 bits per heavy atom. The molecule has 78 valence electrons. The molecule has 0 saturated carbocycles. The van der Waals surface area contributed by atoms with Crippen molar-refractivity contribution in [1.29, 1.82) is 0 Å². The molecule has 0 heterocycles. The third-order valence-corrected chi connectivity index (χ3v) is 2.35. The van der Waals surface area contributed by atoms with Crippen LogP contribution in [0, 0.1) is 0 Å². The zero-order valence-corrected chi connectivity index (χ0v) is 8.85. The molecule has 2 nitrogen and oxygen atoms in total. The lowest BCUT2D eigenvalue weighted by molar-refractivity contribution is -0.118. The number of hydrogen-bond acceptors (Lipinski definition) is 2. The number of carbonyl (C=O) groups is 1. The van der Waals surface area contributed by atoms with Crippen LogP contribution in [0.4, 0.5) is 0 Å². The minimum absolute atomic E-state index is 0.0214. The molecule has 0 unspecified atom stereocenters. The molecule has 0 aromatic heterocycles. The Balaban J connectivity index is 2.16. The van der Waals surface area contributed by atoms with Crippen LogP contribution < -0.4 is 4.74 Å². The topological polar surface area (TPSA) is 26.3 Å². The van der Waals surface area contributed by atoms with Gasteiger partial charge in [0.2, 0.25) is 0 Å². The average molecular weight is 210 g/mol. The lowest BCUT2D eigenvalue weighted by atomic mass is 10.0. The fraction of sp³-hybridized carbons (Fsp3) is 0.154. The van der Waals surface area contributed by atoms with Gasteiger partial charge in [-0.2, -0.15) is 0 Å². The van der Waals surface area contributed by atoms with E-state index in [-0.39, 0.29) is 18.7 Å². The Labute approximate surface area is 95.6 Å². The second-order valence-corrected chi connectivity index (χ2v) is 3.54. The highest BCUT2D eigenvalue weighted by atomic mass is 16.5. The second-order valence-electron chi connectivity index (χ2n) is 3.54. The Bertz CT molecular complexity index is 508. The largest absolute Gasteiger partial charge is 0.486 e. The molecule has 0 aliphatic rings. The first kappa shape index (κ1) is 10.7. The second kappa shape index (κ2) is 4.84. The Morgan fingerprint density at radius 3 is 2.62 bits per heavy atom. The molecule has 0 saturated heterocycles. The predicted octanol–water partition coefficient (Wildman–Crippen LogP) is 2.37. The third-order valence-electron chi connectivity index (χ3n) is 2.35. The lowest BCUT2D eigenvalue weighted by Crippen LogP contribution is -2.09. The summed E-state index contributed by atoms with van der Waals surface area (Å²) in [5.74, 6) is 0.591. The molecule has 2 aromatic carbocycles. The van der Waals surface area contributed by atoms with E-state index in [0.717, 1.165) is 10.8 Å². The highest BCUT2D eigenvalue weighted by Crippen LogP contribution is 2.20. The van der Waals surface area contributed by atoms with Gasteiger partial charge in [-0.05, 0) is 29.2 Å². The summed E-state index contributed by atoms with van der Waals surface area (Å²) in [5.41, 5.74) is 0. The Morgan fingerprint density at radius 1 is 1.12 bits per heavy atom. The summed E-state index contributed by atoms with van der Waals surface area (Å²) in [6, 6.07) is 13.7. The summed E-state index contributed by atoms with van der Waals surface area (Å²) in [6.07, 6.45) is 0.0214. The van der Waals surface area contributed by atoms with Crippen LogP contribution >= 0.6 is 0 Å². The number of benzene rings is 2. The van der Waals surface area contributed by atoms with Crippen molar-refractivity contribution in [2.75, 3.05) is 6.61 Å². The van der Waals surface area contributed by atoms with Crippen LogP contribution in [-0.2, 0) is 4.79 Å². The van der Waals surface area contributed by atoms with Crippen molar-refractivity contribution in [3.05, 3.63) is 42.5 Å². The number of rotatable bonds is 4. The monoisotopic (exact) mass is 210 g/mol. The number of carbonyl (C=O) groups excluding carboxylic acids is 1. The Kier molecular flexibility index (Phi) is 3.25. The van der Waals surface area contributed by atoms with Crippen LogP contribution in [0.5, 0.6) is 5.75 Å². The van der Waals surface area contributed by atoms with E-state index < -0.39 is 0 Å². The summed E-state index contributed by atoms with van der Waals surface area (Å²) in [5, 5.41) is 2.25. The van der Waals surface area contributed by atoms with Crippen LogP contribution in [0.15, 0.2) is 42.5 Å². The van der Waals surface area contributed by atoms with Gasteiger partial charge in [-0.25, -0.2) is 0 Å². The molecule has 16 heavy (non-hydrogen) atoms. The molecule has 2 aromatic rings. The molecule has 2 radical (unpaired) electrons. The van der Waals surface area contributed by atoms with E-state index in [4.69, 9.17) is 12.6 Å². The van der Waals surface area contributed by atoms with Gasteiger partial charge in [0.05, 0.1) is 7.85 Å². The molecule has 0 bridgehead atoms. The van der Waals surface area contributed by atoms with Gasteiger partial charge in [0.1, 0.15) is 12.4 Å². The maximum absolute atomic E-state index is 11.0. The summed E-state index contributed by atoms with van der Waals surface area (Å²) < 4.78 is 5.34. The maximum Gasteiger partial charge on any atom is 0.161 e. The molecule has 0 aliphatic heterocycles. The number of hydrogen-bond donors (Lipinski definition) is 0. The van der Waals surface area contributed by atoms with Gasteiger partial charge in [-0.1, -0.05) is 30.3 Å². The molecule has 0 spiro atoms. The number of Topliss-reactive ketones (excluding diaryl/α,β-unsaturated/α-hetero) is 1. The molecular weight excluding hydrogens is 199 g/mol. The standard InChI is InChI=1S/C13H11BO2/c14-8-12(15)9-16-13-6-5-10-3-1-2-4-11(10)7-13/h1-7H,8-9H2. The van der Waals surface area contributed by atoms with E-state index in [1.54, 1.807) is 0 Å². The number of fused-ring (bicyclic) bond motifs is 1. The first-order valence-corrected chi connectivity index (χ1v) is 5.13. The van der Waals surface area contributed by atoms with E-state index in [0.29, 0.717) is 5.75 Å². The lowest BCUT2D eigenvalue weighted by Gasteiger charge is -2.05. The quantitative estimate of drug-likeness (QED) is 0.724. The SMILES string of the molecule is [B]CC(=O)COc1ccc2ccccc2c1. The number of ketones is 1. The molecular formula is C13H11BO2. The summed E-state index contributed by atoms with van der Waals surface area (Å²) in [7, 11) is 5.20. The van der Waals surface area contributed by atoms with E-state index >= 15 is 0 Å². The van der Waals surface area contributed by atoms with E-state index in [1.807, 2.05) is 42.5 Å². The van der Waals surface area contributed by atoms with Gasteiger partial charge in [0.25, 0.3) is 0 Å². The van der Waals surface area contributed by atoms with Crippen LogP contribution in [0.3, 0.4) is 0 Å². The van der Waals surface area contributed by atoms with E-state index in [1.165, 1.54) is 0 Å². The number of ether oxygens (including phenoxy) is 1. The maximum atomic E-state index is 11.0.